The Kier molecular flexibility index (Phi) is 4.34. The summed E-state index contributed by atoms with van der Waals surface area (Å²) in [7, 11) is 0. The molecule has 1 heterocycles. The zero-order chi connectivity index (χ0) is 15.6. The first-order valence-electron chi connectivity index (χ1n) is 7.46. The maximum absolute atomic E-state index is 12.5. The highest BCUT2D eigenvalue weighted by atomic mass is 16.4. The zero-order valence-corrected chi connectivity index (χ0v) is 12.5. The van der Waals surface area contributed by atoms with Crippen molar-refractivity contribution in [3.63, 3.8) is 0 Å². The average Bonchev–Trinajstić information content (AvgIpc) is 2.66. The van der Waals surface area contributed by atoms with Crippen molar-refractivity contribution in [1.29, 1.82) is 0 Å². The number of urea groups is 1. The lowest BCUT2D eigenvalue weighted by molar-refractivity contribution is -0.134. The second-order valence-corrected chi connectivity index (χ2v) is 6.00. The van der Waals surface area contributed by atoms with E-state index < -0.39 is 17.5 Å². The Bertz CT molecular complexity index is 490. The van der Waals surface area contributed by atoms with Crippen LogP contribution in [0.4, 0.5) is 4.79 Å². The van der Waals surface area contributed by atoms with E-state index in [1.807, 2.05) is 0 Å². The van der Waals surface area contributed by atoms with Crippen LogP contribution in [0.3, 0.4) is 0 Å². The molecule has 0 unspecified atom stereocenters. The quantitative estimate of drug-likeness (QED) is 0.612. The zero-order valence-electron chi connectivity index (χ0n) is 12.5. The number of carboxylic acid groups (broad SMARTS) is 1. The molecule has 6 heteroatoms. The van der Waals surface area contributed by atoms with Crippen molar-refractivity contribution < 1.29 is 19.5 Å². The highest BCUT2D eigenvalue weighted by Gasteiger charge is 2.51. The number of imide groups is 1. The van der Waals surface area contributed by atoms with Crippen LogP contribution in [0.15, 0.2) is 11.6 Å². The van der Waals surface area contributed by atoms with E-state index >= 15 is 0 Å². The van der Waals surface area contributed by atoms with Crippen molar-refractivity contribution >= 4 is 17.9 Å². The number of carboxylic acids is 1. The SMILES string of the molecule is CCC(=CCN1C(=O)NC2(CCC(C)CC2)C1=O)C(=O)O. The molecule has 1 aliphatic heterocycles. The van der Waals surface area contributed by atoms with E-state index in [4.69, 9.17) is 5.11 Å². The first-order chi connectivity index (χ1) is 9.89. The Morgan fingerprint density at radius 1 is 1.43 bits per heavy atom. The minimum absolute atomic E-state index is 0.0252. The number of hydrogen-bond donors (Lipinski definition) is 2. The van der Waals surface area contributed by atoms with Gasteiger partial charge < -0.3 is 10.4 Å². The third-order valence-electron chi connectivity index (χ3n) is 4.55. The molecule has 1 aliphatic carbocycles. The second-order valence-electron chi connectivity index (χ2n) is 6.00. The molecule has 0 aromatic heterocycles. The van der Waals surface area contributed by atoms with Gasteiger partial charge in [-0.3, -0.25) is 9.69 Å². The Morgan fingerprint density at radius 2 is 2.05 bits per heavy atom. The van der Waals surface area contributed by atoms with Crippen LogP contribution in [0.25, 0.3) is 0 Å². The van der Waals surface area contributed by atoms with Gasteiger partial charge in [-0.1, -0.05) is 19.9 Å². The molecule has 2 N–H and O–H groups in total. The molecule has 2 fully saturated rings. The number of carbonyl (C=O) groups is 3. The number of rotatable bonds is 4. The van der Waals surface area contributed by atoms with Crippen molar-refractivity contribution in [2.75, 3.05) is 6.54 Å². The Morgan fingerprint density at radius 3 is 2.57 bits per heavy atom. The number of amides is 3. The van der Waals surface area contributed by atoms with Crippen molar-refractivity contribution in [3.8, 4) is 0 Å². The van der Waals surface area contributed by atoms with Crippen LogP contribution < -0.4 is 5.32 Å². The third kappa shape index (κ3) is 2.94. The topological polar surface area (TPSA) is 86.7 Å². The molecule has 1 saturated carbocycles. The monoisotopic (exact) mass is 294 g/mol. The van der Waals surface area contributed by atoms with E-state index in [2.05, 4.69) is 12.2 Å². The van der Waals surface area contributed by atoms with Crippen molar-refractivity contribution in [3.05, 3.63) is 11.6 Å². The Hall–Kier alpha value is -1.85. The number of nitrogens with one attached hydrogen (secondary N) is 1. The van der Waals surface area contributed by atoms with E-state index in [1.165, 1.54) is 6.08 Å². The van der Waals surface area contributed by atoms with Crippen LogP contribution >= 0.6 is 0 Å². The van der Waals surface area contributed by atoms with E-state index in [0.29, 0.717) is 25.2 Å². The maximum Gasteiger partial charge on any atom is 0.331 e. The molecule has 3 amide bonds. The fourth-order valence-corrected chi connectivity index (χ4v) is 3.02. The van der Waals surface area contributed by atoms with Gasteiger partial charge in [-0.25, -0.2) is 9.59 Å². The van der Waals surface area contributed by atoms with Gasteiger partial charge in [0.1, 0.15) is 5.54 Å². The average molecular weight is 294 g/mol. The summed E-state index contributed by atoms with van der Waals surface area (Å²) in [6.45, 7) is 3.91. The molecule has 6 nitrogen and oxygen atoms in total. The summed E-state index contributed by atoms with van der Waals surface area (Å²) in [4.78, 5) is 36.7. The van der Waals surface area contributed by atoms with E-state index in [0.717, 1.165) is 17.7 Å². The van der Waals surface area contributed by atoms with Crippen LogP contribution in [0.2, 0.25) is 0 Å². The predicted molar refractivity (Wildman–Crippen MR) is 76.6 cm³/mol. The molecule has 1 saturated heterocycles. The van der Waals surface area contributed by atoms with Crippen LogP contribution in [-0.4, -0.2) is 40.0 Å². The lowest BCUT2D eigenvalue weighted by Gasteiger charge is -2.33. The smallest absolute Gasteiger partial charge is 0.331 e. The Balaban J connectivity index is 2.10. The fourth-order valence-electron chi connectivity index (χ4n) is 3.02. The van der Waals surface area contributed by atoms with Gasteiger partial charge in [0.25, 0.3) is 5.91 Å². The molecule has 21 heavy (non-hydrogen) atoms. The van der Waals surface area contributed by atoms with Gasteiger partial charge >= 0.3 is 12.0 Å². The molecule has 2 aliphatic rings. The first-order valence-corrected chi connectivity index (χ1v) is 7.46. The van der Waals surface area contributed by atoms with Gasteiger partial charge in [-0.15, -0.1) is 0 Å². The first kappa shape index (κ1) is 15.5. The summed E-state index contributed by atoms with van der Waals surface area (Å²) in [6.07, 6.45) is 4.99. The molecule has 0 atom stereocenters. The summed E-state index contributed by atoms with van der Waals surface area (Å²) in [5, 5.41) is 11.8. The van der Waals surface area contributed by atoms with Gasteiger partial charge in [0.15, 0.2) is 0 Å². The molecule has 0 aromatic rings. The molecule has 0 radical (unpaired) electrons. The van der Waals surface area contributed by atoms with E-state index in [1.54, 1.807) is 6.92 Å². The van der Waals surface area contributed by atoms with Crippen LogP contribution in [-0.2, 0) is 9.59 Å². The van der Waals surface area contributed by atoms with Gasteiger partial charge in [0.2, 0.25) is 0 Å². The lowest BCUT2D eigenvalue weighted by Crippen LogP contribution is -2.49. The summed E-state index contributed by atoms with van der Waals surface area (Å²) in [5.74, 6) is -0.643. The molecule has 2 rings (SSSR count). The van der Waals surface area contributed by atoms with Crippen LogP contribution in [0.1, 0.15) is 46.0 Å². The predicted octanol–water partition coefficient (Wildman–Crippen LogP) is 1.91. The molecule has 116 valence electrons. The summed E-state index contributed by atoms with van der Waals surface area (Å²) >= 11 is 0. The Labute approximate surface area is 124 Å². The van der Waals surface area contributed by atoms with Crippen LogP contribution in [0, 0.1) is 5.92 Å². The van der Waals surface area contributed by atoms with Gasteiger partial charge in [-0.05, 0) is 38.0 Å². The molecule has 0 aromatic carbocycles. The molecular formula is C15H22N2O4. The fraction of sp³-hybridized carbons (Fsp3) is 0.667. The van der Waals surface area contributed by atoms with E-state index in [-0.39, 0.29) is 18.0 Å². The number of carbonyl (C=O) groups excluding carboxylic acids is 2. The summed E-state index contributed by atoms with van der Waals surface area (Å²) in [5.41, 5.74) is -0.540. The minimum atomic E-state index is -1.01. The second kappa shape index (κ2) is 5.87. The molecular weight excluding hydrogens is 272 g/mol. The van der Waals surface area contributed by atoms with Crippen molar-refractivity contribution in [2.24, 2.45) is 5.92 Å². The minimum Gasteiger partial charge on any atom is -0.478 e. The maximum atomic E-state index is 12.5. The van der Waals surface area contributed by atoms with Gasteiger partial charge in [-0.2, -0.15) is 0 Å². The normalized spacial score (nSPS) is 29.9. The standard InChI is InChI=1S/C15H22N2O4/c1-3-11(12(18)19)6-9-17-13(20)15(16-14(17)21)7-4-10(2)5-8-15/h6,10H,3-5,7-9H2,1-2H3,(H,16,21)(H,18,19). The molecule has 1 spiro atoms. The number of nitrogens with zero attached hydrogens (tertiary/aromatic N) is 1. The lowest BCUT2D eigenvalue weighted by atomic mass is 9.77. The largest absolute Gasteiger partial charge is 0.478 e. The van der Waals surface area contributed by atoms with E-state index in [9.17, 15) is 14.4 Å². The molecule has 0 bridgehead atoms. The van der Waals surface area contributed by atoms with Crippen LogP contribution in [0.5, 0.6) is 0 Å². The highest BCUT2D eigenvalue weighted by molar-refractivity contribution is 6.07. The number of hydrogen-bond acceptors (Lipinski definition) is 3. The van der Waals surface area contributed by atoms with Gasteiger partial charge in [0, 0.05) is 12.1 Å². The summed E-state index contributed by atoms with van der Waals surface area (Å²) in [6, 6.07) is -0.411. The van der Waals surface area contributed by atoms with Crippen molar-refractivity contribution in [2.45, 2.75) is 51.5 Å². The van der Waals surface area contributed by atoms with Crippen molar-refractivity contribution in [1.82, 2.24) is 10.2 Å². The highest BCUT2D eigenvalue weighted by Crippen LogP contribution is 2.36. The third-order valence-corrected chi connectivity index (χ3v) is 4.55. The number of aliphatic carboxylic acids is 1. The van der Waals surface area contributed by atoms with Gasteiger partial charge in [0.05, 0.1) is 0 Å². The summed E-state index contributed by atoms with van der Waals surface area (Å²) < 4.78 is 0.